The van der Waals surface area contributed by atoms with E-state index in [0.717, 1.165) is 19.5 Å². The Labute approximate surface area is 107 Å². The van der Waals surface area contributed by atoms with Crippen LogP contribution in [0.5, 0.6) is 0 Å². The molecule has 1 aromatic heterocycles. The Hall–Kier alpha value is -1.40. The lowest BCUT2D eigenvalue weighted by molar-refractivity contribution is -0.123. The van der Waals surface area contributed by atoms with Crippen LogP contribution in [-0.2, 0) is 16.1 Å². The molecule has 0 bridgehead atoms. The second-order valence-corrected chi connectivity index (χ2v) is 4.72. The normalized spacial score (nSPS) is 25.0. The number of amides is 1. The molecular formula is C12H20N4O2. The summed E-state index contributed by atoms with van der Waals surface area (Å²) in [5.41, 5.74) is 0. The third-order valence-corrected chi connectivity index (χ3v) is 3.17. The molecule has 2 heterocycles. The van der Waals surface area contributed by atoms with Crippen LogP contribution < -0.4 is 10.6 Å². The molecule has 6 nitrogen and oxygen atoms in total. The zero-order valence-electron chi connectivity index (χ0n) is 10.8. The molecule has 1 aromatic rings. The van der Waals surface area contributed by atoms with Crippen molar-refractivity contribution in [3.63, 3.8) is 0 Å². The predicted octanol–water partition coefficient (Wildman–Crippen LogP) is -0.235. The van der Waals surface area contributed by atoms with Crippen LogP contribution in [0.3, 0.4) is 0 Å². The molecule has 0 radical (unpaired) electrons. The van der Waals surface area contributed by atoms with Crippen molar-refractivity contribution < 1.29 is 9.53 Å². The van der Waals surface area contributed by atoms with Crippen molar-refractivity contribution in [2.45, 2.75) is 38.1 Å². The molecule has 100 valence electrons. The van der Waals surface area contributed by atoms with Crippen LogP contribution in [0.2, 0.25) is 0 Å². The number of rotatable bonds is 5. The number of carbonyl (C=O) groups is 1. The first-order valence-corrected chi connectivity index (χ1v) is 6.21. The summed E-state index contributed by atoms with van der Waals surface area (Å²) in [5.74, 6) is 0.0437. The van der Waals surface area contributed by atoms with Crippen LogP contribution in [0.25, 0.3) is 0 Å². The highest BCUT2D eigenvalue weighted by molar-refractivity contribution is 5.82. The lowest BCUT2D eigenvalue weighted by atomic mass is 10.2. The van der Waals surface area contributed by atoms with Gasteiger partial charge in [-0.1, -0.05) is 0 Å². The highest BCUT2D eigenvalue weighted by Gasteiger charge is 2.29. The van der Waals surface area contributed by atoms with E-state index in [0.29, 0.717) is 0 Å². The van der Waals surface area contributed by atoms with Crippen LogP contribution in [-0.4, -0.2) is 47.3 Å². The van der Waals surface area contributed by atoms with E-state index in [9.17, 15) is 4.79 Å². The maximum Gasteiger partial charge on any atom is 0.237 e. The molecule has 3 unspecified atom stereocenters. The van der Waals surface area contributed by atoms with Gasteiger partial charge in [0.15, 0.2) is 0 Å². The molecule has 1 amide bonds. The van der Waals surface area contributed by atoms with Crippen LogP contribution >= 0.6 is 0 Å². The van der Waals surface area contributed by atoms with Crippen molar-refractivity contribution in [1.29, 1.82) is 0 Å². The SMILES string of the molecule is COC1CNC(C(=O)NC(C)Cn2ccnc2)C1. The van der Waals surface area contributed by atoms with Crippen molar-refractivity contribution in [1.82, 2.24) is 20.2 Å². The van der Waals surface area contributed by atoms with E-state index >= 15 is 0 Å². The third kappa shape index (κ3) is 3.30. The van der Waals surface area contributed by atoms with Crippen molar-refractivity contribution >= 4 is 5.91 Å². The molecule has 2 rings (SSSR count). The van der Waals surface area contributed by atoms with Gasteiger partial charge in [0.2, 0.25) is 5.91 Å². The Morgan fingerprint density at radius 2 is 2.56 bits per heavy atom. The van der Waals surface area contributed by atoms with Gasteiger partial charge in [-0.2, -0.15) is 0 Å². The topological polar surface area (TPSA) is 68.2 Å². The van der Waals surface area contributed by atoms with Gasteiger partial charge in [0.05, 0.1) is 18.5 Å². The molecule has 6 heteroatoms. The third-order valence-electron chi connectivity index (χ3n) is 3.17. The molecule has 1 fully saturated rings. The van der Waals surface area contributed by atoms with Gasteiger partial charge in [-0.05, 0) is 13.3 Å². The minimum atomic E-state index is -0.139. The summed E-state index contributed by atoms with van der Waals surface area (Å²) in [5, 5.41) is 6.16. The van der Waals surface area contributed by atoms with E-state index < -0.39 is 0 Å². The Morgan fingerprint density at radius 1 is 1.72 bits per heavy atom. The van der Waals surface area contributed by atoms with Gasteiger partial charge in [-0.3, -0.25) is 4.79 Å². The van der Waals surface area contributed by atoms with Crippen LogP contribution in [0.15, 0.2) is 18.7 Å². The molecule has 3 atom stereocenters. The highest BCUT2D eigenvalue weighted by Crippen LogP contribution is 2.09. The first-order valence-electron chi connectivity index (χ1n) is 6.21. The molecule has 18 heavy (non-hydrogen) atoms. The Bertz CT molecular complexity index is 379. The summed E-state index contributed by atoms with van der Waals surface area (Å²) in [6.45, 7) is 3.46. The van der Waals surface area contributed by atoms with Gasteiger partial charge in [0, 0.05) is 38.6 Å². The zero-order valence-corrected chi connectivity index (χ0v) is 10.8. The molecule has 0 aliphatic carbocycles. The average Bonchev–Trinajstić information content (AvgIpc) is 2.98. The summed E-state index contributed by atoms with van der Waals surface area (Å²) < 4.78 is 7.18. The molecule has 0 saturated carbocycles. The van der Waals surface area contributed by atoms with E-state index in [1.54, 1.807) is 19.6 Å². The van der Waals surface area contributed by atoms with Crippen LogP contribution in [0, 0.1) is 0 Å². The summed E-state index contributed by atoms with van der Waals surface area (Å²) >= 11 is 0. The zero-order chi connectivity index (χ0) is 13.0. The predicted molar refractivity (Wildman–Crippen MR) is 67.0 cm³/mol. The molecule has 2 N–H and O–H groups in total. The second kappa shape index (κ2) is 5.97. The summed E-state index contributed by atoms with van der Waals surface area (Å²) in [6.07, 6.45) is 6.25. The standard InChI is InChI=1S/C12H20N4O2/c1-9(7-16-4-3-13-8-16)15-12(17)11-5-10(18-2)6-14-11/h3-4,8-11,14H,5-7H2,1-2H3,(H,15,17). The van der Waals surface area contributed by atoms with E-state index in [4.69, 9.17) is 4.74 Å². The molecule has 1 aliphatic rings. The van der Waals surface area contributed by atoms with Crippen LogP contribution in [0.1, 0.15) is 13.3 Å². The molecular weight excluding hydrogens is 232 g/mol. The number of aromatic nitrogens is 2. The lowest BCUT2D eigenvalue weighted by Crippen LogP contribution is -2.45. The Morgan fingerprint density at radius 3 is 3.17 bits per heavy atom. The second-order valence-electron chi connectivity index (χ2n) is 4.72. The maximum atomic E-state index is 12.0. The monoisotopic (exact) mass is 252 g/mol. The summed E-state index contributed by atoms with van der Waals surface area (Å²) in [6, 6.07) is -0.0599. The number of methoxy groups -OCH3 is 1. The minimum absolute atomic E-state index is 0.0437. The maximum absolute atomic E-state index is 12.0. The van der Waals surface area contributed by atoms with Crippen molar-refractivity contribution in [2.24, 2.45) is 0 Å². The summed E-state index contributed by atoms with van der Waals surface area (Å²) in [4.78, 5) is 16.0. The van der Waals surface area contributed by atoms with Crippen molar-refractivity contribution in [3.8, 4) is 0 Å². The molecule has 1 saturated heterocycles. The van der Waals surface area contributed by atoms with Gasteiger partial charge in [-0.25, -0.2) is 4.98 Å². The number of nitrogens with one attached hydrogen (secondary N) is 2. The number of carbonyl (C=O) groups excluding carboxylic acids is 1. The lowest BCUT2D eigenvalue weighted by Gasteiger charge is -2.17. The highest BCUT2D eigenvalue weighted by atomic mass is 16.5. The number of hydrogen-bond donors (Lipinski definition) is 2. The minimum Gasteiger partial charge on any atom is -0.380 e. The smallest absolute Gasteiger partial charge is 0.237 e. The van der Waals surface area contributed by atoms with E-state index in [-0.39, 0.29) is 24.1 Å². The largest absolute Gasteiger partial charge is 0.380 e. The fourth-order valence-corrected chi connectivity index (χ4v) is 2.18. The molecule has 1 aliphatic heterocycles. The van der Waals surface area contributed by atoms with Gasteiger partial charge in [-0.15, -0.1) is 0 Å². The van der Waals surface area contributed by atoms with Crippen molar-refractivity contribution in [3.05, 3.63) is 18.7 Å². The average molecular weight is 252 g/mol. The first-order chi connectivity index (χ1) is 8.69. The molecule has 0 spiro atoms. The molecule has 0 aromatic carbocycles. The van der Waals surface area contributed by atoms with Gasteiger partial charge in [0.1, 0.15) is 0 Å². The van der Waals surface area contributed by atoms with E-state index in [1.165, 1.54) is 0 Å². The van der Waals surface area contributed by atoms with Crippen molar-refractivity contribution in [2.75, 3.05) is 13.7 Å². The fourth-order valence-electron chi connectivity index (χ4n) is 2.18. The fraction of sp³-hybridized carbons (Fsp3) is 0.667. The van der Waals surface area contributed by atoms with Gasteiger partial charge < -0.3 is 19.9 Å². The number of imidazole rings is 1. The Balaban J connectivity index is 1.77. The van der Waals surface area contributed by atoms with Crippen LogP contribution in [0.4, 0.5) is 0 Å². The number of nitrogens with zero attached hydrogens (tertiary/aromatic N) is 2. The van der Waals surface area contributed by atoms with Gasteiger partial charge >= 0.3 is 0 Å². The quantitative estimate of drug-likeness (QED) is 0.759. The Kier molecular flexibility index (Phi) is 4.33. The first kappa shape index (κ1) is 13.0. The van der Waals surface area contributed by atoms with E-state index in [2.05, 4.69) is 15.6 Å². The van der Waals surface area contributed by atoms with Gasteiger partial charge in [0.25, 0.3) is 0 Å². The number of hydrogen-bond acceptors (Lipinski definition) is 4. The summed E-state index contributed by atoms with van der Waals surface area (Å²) in [7, 11) is 1.67. The number of ether oxygens (including phenoxy) is 1. The van der Waals surface area contributed by atoms with E-state index in [1.807, 2.05) is 17.7 Å².